The number of rotatable bonds is 2. The molecule has 0 aliphatic carbocycles. The highest BCUT2D eigenvalue weighted by molar-refractivity contribution is 5.85. The molecule has 1 atom stereocenters. The molecule has 0 radical (unpaired) electrons. The minimum absolute atomic E-state index is 0.0581. The highest BCUT2D eigenvalue weighted by atomic mass is 16.2. The SMILES string of the molecule is CC(C)N1CCN(C(=O)C(C)(C)N)CC1C. The topological polar surface area (TPSA) is 49.6 Å². The van der Waals surface area contributed by atoms with Crippen LogP contribution < -0.4 is 5.73 Å². The minimum Gasteiger partial charge on any atom is -0.338 e. The fourth-order valence-corrected chi connectivity index (χ4v) is 2.33. The fraction of sp³-hybridized carbons (Fsp3) is 0.917. The lowest BCUT2D eigenvalue weighted by Crippen LogP contribution is -2.60. The van der Waals surface area contributed by atoms with Crippen LogP contribution in [0.4, 0.5) is 0 Å². The van der Waals surface area contributed by atoms with Crippen molar-refractivity contribution >= 4 is 5.91 Å². The first-order valence-corrected chi connectivity index (χ1v) is 6.07. The van der Waals surface area contributed by atoms with E-state index in [1.165, 1.54) is 0 Å². The van der Waals surface area contributed by atoms with Gasteiger partial charge in [0.1, 0.15) is 0 Å². The van der Waals surface area contributed by atoms with Gasteiger partial charge < -0.3 is 10.6 Å². The molecule has 0 spiro atoms. The van der Waals surface area contributed by atoms with Crippen LogP contribution in [0.1, 0.15) is 34.6 Å². The molecule has 4 nitrogen and oxygen atoms in total. The number of carbonyl (C=O) groups is 1. The largest absolute Gasteiger partial charge is 0.338 e. The summed E-state index contributed by atoms with van der Waals surface area (Å²) in [5.74, 6) is 0.0581. The van der Waals surface area contributed by atoms with Gasteiger partial charge in [0.05, 0.1) is 5.54 Å². The Morgan fingerprint density at radius 3 is 2.31 bits per heavy atom. The number of amides is 1. The summed E-state index contributed by atoms with van der Waals surface area (Å²) in [6, 6.07) is 0.957. The maximum Gasteiger partial charge on any atom is 0.242 e. The van der Waals surface area contributed by atoms with Gasteiger partial charge in [-0.3, -0.25) is 9.69 Å². The van der Waals surface area contributed by atoms with Crippen LogP contribution in [0.2, 0.25) is 0 Å². The van der Waals surface area contributed by atoms with Crippen LogP contribution in [0.5, 0.6) is 0 Å². The number of carbonyl (C=O) groups excluding carboxylic acids is 1. The lowest BCUT2D eigenvalue weighted by Gasteiger charge is -2.43. The van der Waals surface area contributed by atoms with Gasteiger partial charge in [-0.1, -0.05) is 0 Å². The maximum atomic E-state index is 12.0. The molecule has 4 heteroatoms. The molecule has 0 bridgehead atoms. The zero-order valence-electron chi connectivity index (χ0n) is 11.2. The van der Waals surface area contributed by atoms with E-state index in [1.807, 2.05) is 4.90 Å². The summed E-state index contributed by atoms with van der Waals surface area (Å²) in [4.78, 5) is 16.3. The predicted octanol–water partition coefficient (Wildman–Crippen LogP) is 0.665. The summed E-state index contributed by atoms with van der Waals surface area (Å²) in [5, 5.41) is 0. The van der Waals surface area contributed by atoms with Gasteiger partial charge in [0.15, 0.2) is 0 Å². The molecule has 1 amide bonds. The van der Waals surface area contributed by atoms with Gasteiger partial charge in [-0.05, 0) is 34.6 Å². The first-order chi connectivity index (χ1) is 7.23. The molecule has 1 aliphatic rings. The average molecular weight is 227 g/mol. The first-order valence-electron chi connectivity index (χ1n) is 6.07. The number of piperazine rings is 1. The summed E-state index contributed by atoms with van der Waals surface area (Å²) in [5.41, 5.74) is 5.09. The van der Waals surface area contributed by atoms with E-state index in [-0.39, 0.29) is 5.91 Å². The number of nitrogens with two attached hydrogens (primary N) is 1. The highest BCUT2D eigenvalue weighted by Gasteiger charge is 2.33. The zero-order valence-corrected chi connectivity index (χ0v) is 11.2. The van der Waals surface area contributed by atoms with Crippen LogP contribution >= 0.6 is 0 Å². The number of hydrogen-bond donors (Lipinski definition) is 1. The zero-order chi connectivity index (χ0) is 12.5. The Hall–Kier alpha value is -0.610. The van der Waals surface area contributed by atoms with Crippen LogP contribution in [0.15, 0.2) is 0 Å². The van der Waals surface area contributed by atoms with Crippen LogP contribution in [0, 0.1) is 0 Å². The van der Waals surface area contributed by atoms with Crippen molar-refractivity contribution in [1.82, 2.24) is 9.80 Å². The van der Waals surface area contributed by atoms with Crippen LogP contribution in [0.3, 0.4) is 0 Å². The van der Waals surface area contributed by atoms with Crippen molar-refractivity contribution in [2.45, 2.75) is 52.2 Å². The van der Waals surface area contributed by atoms with Gasteiger partial charge in [-0.15, -0.1) is 0 Å². The smallest absolute Gasteiger partial charge is 0.242 e. The minimum atomic E-state index is -0.750. The van der Waals surface area contributed by atoms with Gasteiger partial charge in [0, 0.05) is 31.7 Å². The molecule has 1 fully saturated rings. The Balaban J connectivity index is 2.62. The van der Waals surface area contributed by atoms with Crippen molar-refractivity contribution in [3.05, 3.63) is 0 Å². The summed E-state index contributed by atoms with van der Waals surface area (Å²) in [6.07, 6.45) is 0. The van der Waals surface area contributed by atoms with Gasteiger partial charge >= 0.3 is 0 Å². The van der Waals surface area contributed by atoms with E-state index in [0.29, 0.717) is 12.1 Å². The normalized spacial score (nSPS) is 23.9. The highest BCUT2D eigenvalue weighted by Crippen LogP contribution is 2.15. The molecule has 0 aromatic rings. The number of hydrogen-bond acceptors (Lipinski definition) is 3. The Bertz CT molecular complexity index is 257. The molecular formula is C12H25N3O. The third-order valence-corrected chi connectivity index (χ3v) is 3.18. The summed E-state index contributed by atoms with van der Waals surface area (Å²) >= 11 is 0. The monoisotopic (exact) mass is 227 g/mol. The summed E-state index contributed by atoms with van der Waals surface area (Å²) in [7, 11) is 0. The van der Waals surface area contributed by atoms with E-state index >= 15 is 0 Å². The Morgan fingerprint density at radius 2 is 1.94 bits per heavy atom. The lowest BCUT2D eigenvalue weighted by atomic mass is 10.0. The Morgan fingerprint density at radius 1 is 1.38 bits per heavy atom. The molecule has 94 valence electrons. The van der Waals surface area contributed by atoms with Crippen molar-refractivity contribution in [1.29, 1.82) is 0 Å². The van der Waals surface area contributed by atoms with E-state index in [2.05, 4.69) is 25.7 Å². The molecule has 1 saturated heterocycles. The molecule has 1 rings (SSSR count). The van der Waals surface area contributed by atoms with E-state index < -0.39 is 5.54 Å². The fourth-order valence-electron chi connectivity index (χ4n) is 2.33. The van der Waals surface area contributed by atoms with E-state index in [9.17, 15) is 4.79 Å². The van der Waals surface area contributed by atoms with E-state index in [0.717, 1.165) is 19.6 Å². The predicted molar refractivity (Wildman–Crippen MR) is 66.2 cm³/mol. The van der Waals surface area contributed by atoms with Crippen molar-refractivity contribution in [2.75, 3.05) is 19.6 Å². The van der Waals surface area contributed by atoms with E-state index in [1.54, 1.807) is 13.8 Å². The van der Waals surface area contributed by atoms with Crippen LogP contribution in [0.25, 0.3) is 0 Å². The third kappa shape index (κ3) is 2.95. The summed E-state index contributed by atoms with van der Waals surface area (Å²) < 4.78 is 0. The standard InChI is InChI=1S/C12H25N3O/c1-9(2)15-7-6-14(8-10(15)3)11(16)12(4,5)13/h9-10H,6-8,13H2,1-5H3. The second kappa shape index (κ2) is 4.72. The Labute approximate surface area is 98.8 Å². The van der Waals surface area contributed by atoms with E-state index in [4.69, 9.17) is 5.73 Å². The van der Waals surface area contributed by atoms with Crippen molar-refractivity contribution in [2.24, 2.45) is 5.73 Å². The van der Waals surface area contributed by atoms with Crippen molar-refractivity contribution < 1.29 is 4.79 Å². The molecule has 2 N–H and O–H groups in total. The summed E-state index contributed by atoms with van der Waals surface area (Å²) in [6.45, 7) is 12.6. The molecule has 0 saturated carbocycles. The van der Waals surface area contributed by atoms with Crippen molar-refractivity contribution in [3.63, 3.8) is 0 Å². The quantitative estimate of drug-likeness (QED) is 0.754. The molecule has 0 aromatic heterocycles. The average Bonchev–Trinajstić information content (AvgIpc) is 2.14. The van der Waals surface area contributed by atoms with Gasteiger partial charge in [0.25, 0.3) is 0 Å². The molecule has 1 unspecified atom stereocenters. The molecule has 0 aromatic carbocycles. The number of nitrogens with zero attached hydrogens (tertiary/aromatic N) is 2. The first kappa shape index (κ1) is 13.5. The molecule has 1 aliphatic heterocycles. The molecule has 1 heterocycles. The van der Waals surface area contributed by atoms with Crippen LogP contribution in [-0.2, 0) is 4.79 Å². The third-order valence-electron chi connectivity index (χ3n) is 3.18. The molecular weight excluding hydrogens is 202 g/mol. The van der Waals surface area contributed by atoms with Gasteiger partial charge in [-0.25, -0.2) is 0 Å². The second-order valence-corrected chi connectivity index (χ2v) is 5.65. The van der Waals surface area contributed by atoms with Gasteiger partial charge in [-0.2, -0.15) is 0 Å². The van der Waals surface area contributed by atoms with Crippen LogP contribution in [-0.4, -0.2) is 53.0 Å². The maximum absolute atomic E-state index is 12.0. The van der Waals surface area contributed by atoms with Gasteiger partial charge in [0.2, 0.25) is 5.91 Å². The Kier molecular flexibility index (Phi) is 3.97. The van der Waals surface area contributed by atoms with Crippen molar-refractivity contribution in [3.8, 4) is 0 Å². The second-order valence-electron chi connectivity index (χ2n) is 5.65. The molecule has 16 heavy (non-hydrogen) atoms. The lowest BCUT2D eigenvalue weighted by molar-refractivity contribution is -0.139.